The highest BCUT2D eigenvalue weighted by Gasteiger charge is 2.30. The molecule has 2 rings (SSSR count). The molecule has 0 radical (unpaired) electrons. The molecule has 1 aromatic rings. The molecular formula is C13H23ClN4O. The maximum absolute atomic E-state index is 11.9. The summed E-state index contributed by atoms with van der Waals surface area (Å²) in [5.41, 5.74) is 5.80. The Morgan fingerprint density at radius 3 is 2.89 bits per heavy atom. The Labute approximate surface area is 120 Å². The van der Waals surface area contributed by atoms with Crippen LogP contribution in [0.5, 0.6) is 0 Å². The third-order valence-electron chi connectivity index (χ3n) is 3.55. The van der Waals surface area contributed by atoms with E-state index >= 15 is 0 Å². The van der Waals surface area contributed by atoms with Crippen molar-refractivity contribution >= 4 is 24.1 Å². The molecule has 1 saturated carbocycles. The summed E-state index contributed by atoms with van der Waals surface area (Å²) in [6.07, 6.45) is 5.85. The highest BCUT2D eigenvalue weighted by molar-refractivity contribution is 5.93. The lowest BCUT2D eigenvalue weighted by Gasteiger charge is -2.17. The number of hydrogen-bond acceptors (Lipinski definition) is 3. The van der Waals surface area contributed by atoms with Gasteiger partial charge in [-0.3, -0.25) is 4.79 Å². The Hall–Kier alpha value is -1.07. The van der Waals surface area contributed by atoms with E-state index in [1.807, 2.05) is 17.7 Å². The van der Waals surface area contributed by atoms with E-state index in [0.717, 1.165) is 12.2 Å². The number of carbonyl (C=O) groups excluding carboxylic acids is 1. The largest absolute Gasteiger partial charge is 0.320 e. The zero-order valence-electron chi connectivity index (χ0n) is 11.5. The van der Waals surface area contributed by atoms with Crippen LogP contribution in [0.4, 0.5) is 5.82 Å². The topological polar surface area (TPSA) is 72.9 Å². The van der Waals surface area contributed by atoms with Crippen LogP contribution in [-0.4, -0.2) is 21.7 Å². The molecule has 1 fully saturated rings. The number of rotatable bonds is 6. The smallest absolute Gasteiger partial charge is 0.242 e. The van der Waals surface area contributed by atoms with Gasteiger partial charge in [-0.15, -0.1) is 12.4 Å². The molecule has 1 amide bonds. The third kappa shape index (κ3) is 3.94. The van der Waals surface area contributed by atoms with Crippen molar-refractivity contribution in [2.24, 2.45) is 11.7 Å². The maximum Gasteiger partial charge on any atom is 0.242 e. The fourth-order valence-electron chi connectivity index (χ4n) is 2.18. The number of amides is 1. The van der Waals surface area contributed by atoms with Crippen molar-refractivity contribution in [2.45, 2.75) is 51.6 Å². The summed E-state index contributed by atoms with van der Waals surface area (Å²) in [7, 11) is 0. The molecule has 19 heavy (non-hydrogen) atoms. The first-order valence-electron chi connectivity index (χ1n) is 6.73. The summed E-state index contributed by atoms with van der Waals surface area (Å²) in [4.78, 5) is 11.9. The van der Waals surface area contributed by atoms with Gasteiger partial charge in [0.05, 0.1) is 18.3 Å². The van der Waals surface area contributed by atoms with E-state index in [2.05, 4.69) is 17.3 Å². The van der Waals surface area contributed by atoms with Crippen LogP contribution in [0.15, 0.2) is 12.3 Å². The summed E-state index contributed by atoms with van der Waals surface area (Å²) in [5, 5.41) is 7.17. The van der Waals surface area contributed by atoms with Crippen LogP contribution in [0.1, 0.15) is 45.6 Å². The quantitative estimate of drug-likeness (QED) is 0.843. The summed E-state index contributed by atoms with van der Waals surface area (Å²) in [6, 6.07) is 1.74. The molecule has 1 heterocycles. The minimum absolute atomic E-state index is 0. The number of nitrogens with one attached hydrogen (secondary N) is 1. The number of anilines is 1. The predicted octanol–water partition coefficient (Wildman–Crippen LogP) is 2.34. The molecule has 1 aliphatic carbocycles. The van der Waals surface area contributed by atoms with Crippen molar-refractivity contribution in [3.63, 3.8) is 0 Å². The predicted molar refractivity (Wildman–Crippen MR) is 78.4 cm³/mol. The van der Waals surface area contributed by atoms with Crippen LogP contribution in [0.25, 0.3) is 0 Å². The Kier molecular flexibility index (Phi) is 5.82. The molecule has 6 heteroatoms. The number of hydrogen-bond donors (Lipinski definition) is 2. The summed E-state index contributed by atoms with van der Waals surface area (Å²) >= 11 is 0. The van der Waals surface area contributed by atoms with Crippen LogP contribution in [0.3, 0.4) is 0 Å². The molecule has 3 N–H and O–H groups in total. The van der Waals surface area contributed by atoms with Gasteiger partial charge in [0.25, 0.3) is 0 Å². The number of nitrogens with two attached hydrogens (primary N) is 1. The molecule has 2 atom stereocenters. The maximum atomic E-state index is 11.9. The lowest BCUT2D eigenvalue weighted by molar-refractivity contribution is -0.117. The van der Waals surface area contributed by atoms with E-state index in [9.17, 15) is 4.79 Å². The Bertz CT molecular complexity index is 417. The first-order chi connectivity index (χ1) is 8.63. The second-order valence-electron chi connectivity index (χ2n) is 5.12. The molecule has 5 nitrogen and oxygen atoms in total. The SMILES string of the molecule is CCCC(N)C(=O)Nc1ccnn1C(C)C1CC1.Cl. The van der Waals surface area contributed by atoms with Crippen molar-refractivity contribution in [1.82, 2.24) is 9.78 Å². The van der Waals surface area contributed by atoms with Gasteiger partial charge in [0.1, 0.15) is 5.82 Å². The van der Waals surface area contributed by atoms with Crippen molar-refractivity contribution in [2.75, 3.05) is 5.32 Å². The van der Waals surface area contributed by atoms with Crippen molar-refractivity contribution in [3.05, 3.63) is 12.3 Å². The molecule has 0 aromatic carbocycles. The third-order valence-corrected chi connectivity index (χ3v) is 3.55. The average Bonchev–Trinajstić information content (AvgIpc) is 3.09. The van der Waals surface area contributed by atoms with Crippen molar-refractivity contribution in [1.29, 1.82) is 0 Å². The molecule has 0 bridgehead atoms. The fourth-order valence-corrected chi connectivity index (χ4v) is 2.18. The van der Waals surface area contributed by atoms with Crippen LogP contribution in [0, 0.1) is 5.92 Å². The molecular weight excluding hydrogens is 264 g/mol. The van der Waals surface area contributed by atoms with Crippen LogP contribution in [0.2, 0.25) is 0 Å². The summed E-state index contributed by atoms with van der Waals surface area (Å²) in [5.74, 6) is 1.33. The van der Waals surface area contributed by atoms with E-state index in [4.69, 9.17) is 5.73 Å². The van der Waals surface area contributed by atoms with Gasteiger partial charge in [-0.05, 0) is 32.1 Å². The van der Waals surface area contributed by atoms with E-state index in [1.54, 1.807) is 6.20 Å². The lowest BCUT2D eigenvalue weighted by atomic mass is 10.1. The fraction of sp³-hybridized carbons (Fsp3) is 0.692. The van der Waals surface area contributed by atoms with Crippen LogP contribution in [-0.2, 0) is 4.79 Å². The number of carbonyl (C=O) groups is 1. The zero-order valence-corrected chi connectivity index (χ0v) is 12.3. The van der Waals surface area contributed by atoms with E-state index < -0.39 is 6.04 Å². The summed E-state index contributed by atoms with van der Waals surface area (Å²) in [6.45, 7) is 4.17. The monoisotopic (exact) mass is 286 g/mol. The standard InChI is InChI=1S/C13H22N4O.ClH/c1-3-4-11(14)13(18)16-12-7-8-15-17(12)9(2)10-5-6-10;/h7-11H,3-6,14H2,1-2H3,(H,16,18);1H. The minimum Gasteiger partial charge on any atom is -0.320 e. The highest BCUT2D eigenvalue weighted by atomic mass is 35.5. The Balaban J connectivity index is 0.00000180. The molecule has 0 spiro atoms. The molecule has 1 aliphatic rings. The van der Waals surface area contributed by atoms with Crippen molar-refractivity contribution in [3.8, 4) is 0 Å². The van der Waals surface area contributed by atoms with Gasteiger partial charge in [-0.1, -0.05) is 13.3 Å². The Morgan fingerprint density at radius 1 is 1.63 bits per heavy atom. The molecule has 108 valence electrons. The first kappa shape index (κ1) is 16.0. The van der Waals surface area contributed by atoms with Crippen molar-refractivity contribution < 1.29 is 4.79 Å². The van der Waals surface area contributed by atoms with E-state index in [0.29, 0.717) is 18.4 Å². The zero-order chi connectivity index (χ0) is 13.1. The molecule has 2 unspecified atom stereocenters. The van der Waals surface area contributed by atoms with Crippen LogP contribution >= 0.6 is 12.4 Å². The molecule has 0 aliphatic heterocycles. The first-order valence-corrected chi connectivity index (χ1v) is 6.73. The normalized spacial score (nSPS) is 17.4. The van der Waals surface area contributed by atoms with Gasteiger partial charge in [0, 0.05) is 6.07 Å². The molecule has 1 aromatic heterocycles. The number of aromatic nitrogens is 2. The van der Waals surface area contributed by atoms with Crippen LogP contribution < -0.4 is 11.1 Å². The Morgan fingerprint density at radius 2 is 2.32 bits per heavy atom. The van der Waals surface area contributed by atoms with Gasteiger partial charge in [0.2, 0.25) is 5.91 Å². The van der Waals surface area contributed by atoms with E-state index in [1.165, 1.54) is 12.8 Å². The average molecular weight is 287 g/mol. The van der Waals surface area contributed by atoms with Gasteiger partial charge in [-0.25, -0.2) is 4.68 Å². The number of nitrogens with zero attached hydrogens (tertiary/aromatic N) is 2. The minimum atomic E-state index is -0.436. The summed E-state index contributed by atoms with van der Waals surface area (Å²) < 4.78 is 1.90. The van der Waals surface area contributed by atoms with E-state index in [-0.39, 0.29) is 18.3 Å². The van der Waals surface area contributed by atoms with Gasteiger partial charge in [0.15, 0.2) is 0 Å². The highest BCUT2D eigenvalue weighted by Crippen LogP contribution is 2.40. The van der Waals surface area contributed by atoms with Gasteiger partial charge < -0.3 is 11.1 Å². The lowest BCUT2D eigenvalue weighted by Crippen LogP contribution is -2.36. The van der Waals surface area contributed by atoms with Gasteiger partial charge >= 0.3 is 0 Å². The van der Waals surface area contributed by atoms with Gasteiger partial charge in [-0.2, -0.15) is 5.10 Å². The second kappa shape index (κ2) is 6.91. The molecule has 0 saturated heterocycles. The number of halogens is 1. The second-order valence-corrected chi connectivity index (χ2v) is 5.12.